The first kappa shape index (κ1) is 15.1. The first-order valence-corrected chi connectivity index (χ1v) is 8.49. The number of rotatable bonds is 5. The van der Waals surface area contributed by atoms with Crippen LogP contribution in [-0.4, -0.2) is 37.3 Å². The molecule has 0 rings (SSSR count). The first-order valence-electron chi connectivity index (χ1n) is 5.58. The van der Waals surface area contributed by atoms with Gasteiger partial charge in [-0.15, -0.1) is 0 Å². The van der Waals surface area contributed by atoms with E-state index >= 15 is 0 Å². The van der Waals surface area contributed by atoms with E-state index in [0.717, 1.165) is 0 Å². The van der Waals surface area contributed by atoms with Crippen molar-refractivity contribution in [1.82, 2.24) is 0 Å². The summed E-state index contributed by atoms with van der Waals surface area (Å²) >= 11 is 0. The quantitative estimate of drug-likeness (QED) is 0.717. The number of aliphatic hydroxyl groups excluding tert-OH is 2. The molecule has 0 aromatic rings. The molecular weight excluding hydrogens is 208 g/mol. The van der Waals surface area contributed by atoms with Gasteiger partial charge in [-0.3, -0.25) is 0 Å². The Kier molecular flexibility index (Phi) is 5.47. The van der Waals surface area contributed by atoms with Crippen molar-refractivity contribution in [1.29, 1.82) is 0 Å². The van der Waals surface area contributed by atoms with Crippen LogP contribution in [0.2, 0.25) is 18.1 Å². The fourth-order valence-electron chi connectivity index (χ4n) is 0.893. The standard InChI is InChI=1S/C11H26O3Si/c1-9(12)10(13)7-8-14-15(5,6)11(2,3)4/h9-10,12-13H,7-8H2,1-6H3/t9-,10-/m1/s1. The summed E-state index contributed by atoms with van der Waals surface area (Å²) in [5.74, 6) is 0. The third kappa shape index (κ3) is 5.11. The van der Waals surface area contributed by atoms with Gasteiger partial charge in [-0.2, -0.15) is 0 Å². The molecule has 0 aliphatic rings. The Balaban J connectivity index is 3.96. The predicted molar refractivity (Wildman–Crippen MR) is 65.5 cm³/mol. The molecule has 3 nitrogen and oxygen atoms in total. The smallest absolute Gasteiger partial charge is 0.191 e. The van der Waals surface area contributed by atoms with E-state index in [1.54, 1.807) is 6.92 Å². The molecule has 2 atom stereocenters. The largest absolute Gasteiger partial charge is 0.417 e. The molecule has 0 bridgehead atoms. The highest BCUT2D eigenvalue weighted by molar-refractivity contribution is 6.74. The minimum Gasteiger partial charge on any atom is -0.417 e. The fourth-order valence-corrected chi connectivity index (χ4v) is 1.95. The van der Waals surface area contributed by atoms with Crippen LogP contribution in [-0.2, 0) is 4.43 Å². The zero-order valence-electron chi connectivity index (χ0n) is 10.9. The van der Waals surface area contributed by atoms with E-state index in [1.165, 1.54) is 0 Å². The Morgan fingerprint density at radius 1 is 1.20 bits per heavy atom. The van der Waals surface area contributed by atoms with Crippen LogP contribution < -0.4 is 0 Å². The summed E-state index contributed by atoms with van der Waals surface area (Å²) in [6.07, 6.45) is -0.841. The van der Waals surface area contributed by atoms with E-state index in [4.69, 9.17) is 9.53 Å². The minimum atomic E-state index is -1.70. The van der Waals surface area contributed by atoms with Crippen LogP contribution in [0.15, 0.2) is 0 Å². The van der Waals surface area contributed by atoms with Crippen molar-refractivity contribution >= 4 is 8.32 Å². The molecule has 2 N–H and O–H groups in total. The maximum absolute atomic E-state index is 9.41. The van der Waals surface area contributed by atoms with Crippen LogP contribution in [0.25, 0.3) is 0 Å². The monoisotopic (exact) mass is 234 g/mol. The molecule has 0 aliphatic carbocycles. The average molecular weight is 234 g/mol. The Bertz CT molecular complexity index is 185. The van der Waals surface area contributed by atoms with Gasteiger partial charge in [0.05, 0.1) is 12.2 Å². The van der Waals surface area contributed by atoms with Crippen LogP contribution in [0.5, 0.6) is 0 Å². The normalized spacial score (nSPS) is 17.6. The van der Waals surface area contributed by atoms with Crippen molar-refractivity contribution in [3.8, 4) is 0 Å². The second-order valence-electron chi connectivity index (χ2n) is 5.71. The summed E-state index contributed by atoms with van der Waals surface area (Å²) in [5, 5.41) is 18.7. The Morgan fingerprint density at radius 3 is 2.00 bits per heavy atom. The third-order valence-electron chi connectivity index (χ3n) is 3.24. The van der Waals surface area contributed by atoms with E-state index in [9.17, 15) is 5.11 Å². The lowest BCUT2D eigenvalue weighted by atomic mass is 10.2. The molecule has 4 heteroatoms. The van der Waals surface area contributed by atoms with Crippen molar-refractivity contribution < 1.29 is 14.6 Å². The topological polar surface area (TPSA) is 49.7 Å². The van der Waals surface area contributed by atoms with Gasteiger partial charge in [0.25, 0.3) is 0 Å². The zero-order valence-corrected chi connectivity index (χ0v) is 11.9. The van der Waals surface area contributed by atoms with Gasteiger partial charge >= 0.3 is 0 Å². The van der Waals surface area contributed by atoms with Crippen LogP contribution >= 0.6 is 0 Å². The summed E-state index contributed by atoms with van der Waals surface area (Å²) in [6, 6.07) is 0. The van der Waals surface area contributed by atoms with Crippen LogP contribution in [0.1, 0.15) is 34.1 Å². The molecular formula is C11H26O3Si. The molecule has 0 saturated heterocycles. The lowest BCUT2D eigenvalue weighted by Gasteiger charge is -2.36. The lowest BCUT2D eigenvalue weighted by Crippen LogP contribution is -2.41. The number of aliphatic hydroxyl groups is 2. The lowest BCUT2D eigenvalue weighted by molar-refractivity contribution is 0.0172. The first-order chi connectivity index (χ1) is 6.58. The summed E-state index contributed by atoms with van der Waals surface area (Å²) in [4.78, 5) is 0. The molecule has 0 aromatic carbocycles. The molecule has 0 unspecified atom stereocenters. The van der Waals surface area contributed by atoms with Gasteiger partial charge in [0.2, 0.25) is 0 Å². The highest BCUT2D eigenvalue weighted by Gasteiger charge is 2.37. The van der Waals surface area contributed by atoms with Crippen molar-refractivity contribution in [3.05, 3.63) is 0 Å². The Labute approximate surface area is 94.6 Å². The molecule has 0 amide bonds. The molecule has 0 heterocycles. The van der Waals surface area contributed by atoms with Crippen LogP contribution in [0.4, 0.5) is 0 Å². The van der Waals surface area contributed by atoms with Gasteiger partial charge in [0.1, 0.15) is 0 Å². The van der Waals surface area contributed by atoms with Gasteiger partial charge in [0.15, 0.2) is 8.32 Å². The summed E-state index contributed by atoms with van der Waals surface area (Å²) in [7, 11) is -1.70. The highest BCUT2D eigenvalue weighted by Crippen LogP contribution is 2.36. The molecule has 0 aliphatic heterocycles. The summed E-state index contributed by atoms with van der Waals surface area (Å²) < 4.78 is 5.88. The third-order valence-corrected chi connectivity index (χ3v) is 7.78. The second-order valence-corrected chi connectivity index (χ2v) is 10.5. The van der Waals surface area contributed by atoms with Crippen LogP contribution in [0, 0.1) is 0 Å². The SMILES string of the molecule is C[C@@H](O)[C@H](O)CCO[Si](C)(C)C(C)(C)C. The van der Waals surface area contributed by atoms with Crippen molar-refractivity contribution in [3.63, 3.8) is 0 Å². The van der Waals surface area contributed by atoms with Crippen molar-refractivity contribution in [2.45, 2.75) is 64.5 Å². The van der Waals surface area contributed by atoms with E-state index < -0.39 is 20.5 Å². The summed E-state index contributed by atoms with van der Waals surface area (Å²) in [5.41, 5.74) is 0. The average Bonchev–Trinajstić information content (AvgIpc) is 2.01. The Morgan fingerprint density at radius 2 is 1.67 bits per heavy atom. The molecule has 0 aromatic heterocycles. The molecule has 0 fully saturated rings. The molecule has 92 valence electrons. The molecule has 15 heavy (non-hydrogen) atoms. The van der Waals surface area contributed by atoms with Gasteiger partial charge in [-0.1, -0.05) is 20.8 Å². The van der Waals surface area contributed by atoms with Gasteiger partial charge in [-0.05, 0) is 31.5 Å². The zero-order chi connectivity index (χ0) is 12.3. The van der Waals surface area contributed by atoms with Gasteiger partial charge < -0.3 is 14.6 Å². The van der Waals surface area contributed by atoms with Crippen molar-refractivity contribution in [2.24, 2.45) is 0 Å². The van der Waals surface area contributed by atoms with E-state index in [2.05, 4.69) is 33.9 Å². The fraction of sp³-hybridized carbons (Fsp3) is 1.00. The molecule has 0 saturated carbocycles. The van der Waals surface area contributed by atoms with E-state index in [-0.39, 0.29) is 5.04 Å². The van der Waals surface area contributed by atoms with E-state index in [0.29, 0.717) is 13.0 Å². The molecule has 0 spiro atoms. The maximum Gasteiger partial charge on any atom is 0.191 e. The van der Waals surface area contributed by atoms with E-state index in [1.807, 2.05) is 0 Å². The maximum atomic E-state index is 9.41. The van der Waals surface area contributed by atoms with Crippen molar-refractivity contribution in [2.75, 3.05) is 6.61 Å². The molecule has 0 radical (unpaired) electrons. The second kappa shape index (κ2) is 5.43. The van der Waals surface area contributed by atoms with Crippen LogP contribution in [0.3, 0.4) is 0 Å². The van der Waals surface area contributed by atoms with Gasteiger partial charge in [-0.25, -0.2) is 0 Å². The Hall–Kier alpha value is 0.0969. The number of hydrogen-bond donors (Lipinski definition) is 2. The summed E-state index contributed by atoms with van der Waals surface area (Å²) in [6.45, 7) is 13.0. The highest BCUT2D eigenvalue weighted by atomic mass is 28.4. The number of hydrogen-bond acceptors (Lipinski definition) is 3. The van der Waals surface area contributed by atoms with Gasteiger partial charge in [0, 0.05) is 6.61 Å². The predicted octanol–water partition coefficient (Wildman–Crippen LogP) is 2.14. The minimum absolute atomic E-state index is 0.197.